The van der Waals surface area contributed by atoms with Crippen molar-refractivity contribution in [1.82, 2.24) is 4.98 Å². The second-order valence-corrected chi connectivity index (χ2v) is 8.17. The van der Waals surface area contributed by atoms with Crippen molar-refractivity contribution in [2.75, 3.05) is 0 Å². The van der Waals surface area contributed by atoms with Crippen LogP contribution in [0, 0.1) is 0 Å². The number of fused-ring (bicyclic) bond motifs is 1. The summed E-state index contributed by atoms with van der Waals surface area (Å²) in [4.78, 5) is 15.6. The van der Waals surface area contributed by atoms with Gasteiger partial charge in [0, 0.05) is 12.0 Å². The number of benzene rings is 3. The topological polar surface area (TPSA) is 98.6 Å². The Bertz CT molecular complexity index is 1230. The number of nitrogens with zero attached hydrogens (tertiary/aromatic N) is 1. The number of carbonyl (C=O) groups is 1. The van der Waals surface area contributed by atoms with Gasteiger partial charge in [0.2, 0.25) is 0 Å². The third-order valence-corrected chi connectivity index (χ3v) is 5.51. The molecule has 0 bridgehead atoms. The maximum absolute atomic E-state index is 11.0. The molecule has 1 aromatic heterocycles. The summed E-state index contributed by atoms with van der Waals surface area (Å²) >= 11 is 12.7. The van der Waals surface area contributed by atoms with E-state index in [-0.39, 0.29) is 23.1 Å². The van der Waals surface area contributed by atoms with Gasteiger partial charge in [0.1, 0.15) is 18.2 Å². The van der Waals surface area contributed by atoms with Crippen molar-refractivity contribution < 1.29 is 19.1 Å². The van der Waals surface area contributed by atoms with E-state index in [4.69, 9.17) is 43.2 Å². The molecule has 3 aromatic carbocycles. The van der Waals surface area contributed by atoms with Crippen LogP contribution in [0.25, 0.3) is 11.1 Å². The summed E-state index contributed by atoms with van der Waals surface area (Å²) in [6.07, 6.45) is 0.699. The fraction of sp³-hybridized carbons (Fsp3) is 0.167. The second kappa shape index (κ2) is 9.61. The molecule has 0 amide bonds. The Hall–Kier alpha value is -3.06. The number of para-hydroxylation sites is 1. The SMILES string of the molecule is NC(Cc1cc(Cl)c(OCc2cccc3oc(Cc4ccccc4)nc23)c(Cl)c1)C(=O)O. The first-order valence-corrected chi connectivity index (χ1v) is 10.7. The average molecular weight is 471 g/mol. The molecule has 0 radical (unpaired) electrons. The van der Waals surface area contributed by atoms with E-state index in [2.05, 4.69) is 4.98 Å². The predicted octanol–water partition coefficient (Wildman–Crippen LogP) is 5.26. The standard InChI is InChI=1S/C24H20Cl2N2O4/c25-17-9-15(11-19(27)24(29)30)10-18(26)23(17)31-13-16-7-4-8-20-22(16)28-21(32-20)12-14-5-2-1-3-6-14/h1-10,19H,11-13,27H2,(H,29,30). The van der Waals surface area contributed by atoms with Crippen LogP contribution in [-0.2, 0) is 24.2 Å². The van der Waals surface area contributed by atoms with Crippen LogP contribution in [0.3, 0.4) is 0 Å². The smallest absolute Gasteiger partial charge is 0.320 e. The number of carboxylic acid groups (broad SMARTS) is 1. The molecule has 4 aromatic rings. The molecule has 0 aliphatic heterocycles. The Balaban J connectivity index is 1.52. The van der Waals surface area contributed by atoms with Crippen molar-refractivity contribution in [3.8, 4) is 5.75 Å². The largest absolute Gasteiger partial charge is 0.486 e. The van der Waals surface area contributed by atoms with Gasteiger partial charge in [-0.2, -0.15) is 0 Å². The van der Waals surface area contributed by atoms with Crippen LogP contribution in [-0.4, -0.2) is 22.1 Å². The van der Waals surface area contributed by atoms with E-state index in [0.29, 0.717) is 29.2 Å². The lowest BCUT2D eigenvalue weighted by atomic mass is 10.1. The normalized spacial score (nSPS) is 12.1. The van der Waals surface area contributed by atoms with Crippen molar-refractivity contribution in [3.05, 3.63) is 93.3 Å². The van der Waals surface area contributed by atoms with Gasteiger partial charge < -0.3 is 20.0 Å². The number of nitrogens with two attached hydrogens (primary N) is 1. The molecule has 4 rings (SSSR count). The number of ether oxygens (including phenoxy) is 1. The number of aliphatic carboxylic acids is 1. The minimum atomic E-state index is -1.09. The van der Waals surface area contributed by atoms with Crippen molar-refractivity contribution in [2.24, 2.45) is 5.73 Å². The van der Waals surface area contributed by atoms with Gasteiger partial charge in [0.05, 0.1) is 10.0 Å². The van der Waals surface area contributed by atoms with Crippen LogP contribution in [0.1, 0.15) is 22.6 Å². The maximum Gasteiger partial charge on any atom is 0.320 e. The molecule has 1 unspecified atom stereocenters. The molecule has 0 saturated carbocycles. The van der Waals surface area contributed by atoms with Crippen LogP contribution in [0.4, 0.5) is 0 Å². The first kappa shape index (κ1) is 22.1. The van der Waals surface area contributed by atoms with E-state index in [0.717, 1.165) is 16.6 Å². The first-order valence-electron chi connectivity index (χ1n) is 9.91. The van der Waals surface area contributed by atoms with Gasteiger partial charge >= 0.3 is 5.97 Å². The number of rotatable bonds is 8. The number of carboxylic acids is 1. The highest BCUT2D eigenvalue weighted by Crippen LogP contribution is 2.35. The fourth-order valence-corrected chi connectivity index (χ4v) is 4.01. The molecular formula is C24H20Cl2N2O4. The van der Waals surface area contributed by atoms with E-state index in [1.54, 1.807) is 12.1 Å². The van der Waals surface area contributed by atoms with Crippen molar-refractivity contribution >= 4 is 40.3 Å². The molecule has 164 valence electrons. The number of oxazole rings is 1. The molecule has 3 N–H and O–H groups in total. The molecule has 0 aliphatic carbocycles. The van der Waals surface area contributed by atoms with Crippen LogP contribution >= 0.6 is 23.2 Å². The van der Waals surface area contributed by atoms with Gasteiger partial charge in [-0.15, -0.1) is 0 Å². The molecule has 6 nitrogen and oxygen atoms in total. The third-order valence-electron chi connectivity index (χ3n) is 4.95. The zero-order valence-corrected chi connectivity index (χ0v) is 18.4. The quantitative estimate of drug-likeness (QED) is 0.364. The number of aromatic nitrogens is 1. The summed E-state index contributed by atoms with van der Waals surface area (Å²) in [6, 6.07) is 17.8. The van der Waals surface area contributed by atoms with Gasteiger partial charge in [-0.3, -0.25) is 4.79 Å². The molecular weight excluding hydrogens is 451 g/mol. The highest BCUT2D eigenvalue weighted by Gasteiger charge is 2.17. The minimum absolute atomic E-state index is 0.109. The Labute approximate surface area is 194 Å². The molecule has 0 fully saturated rings. The fourth-order valence-electron chi connectivity index (χ4n) is 3.37. The molecule has 0 saturated heterocycles. The zero-order valence-electron chi connectivity index (χ0n) is 16.9. The average Bonchev–Trinajstić information content (AvgIpc) is 3.17. The lowest BCUT2D eigenvalue weighted by Crippen LogP contribution is -2.32. The summed E-state index contributed by atoms with van der Waals surface area (Å²) in [6.45, 7) is 0.183. The Kier molecular flexibility index (Phi) is 6.65. The Morgan fingerprint density at radius 1 is 1.06 bits per heavy atom. The Morgan fingerprint density at radius 3 is 2.47 bits per heavy atom. The number of hydrogen-bond acceptors (Lipinski definition) is 5. The van der Waals surface area contributed by atoms with Gasteiger partial charge in [0.25, 0.3) is 0 Å². The molecule has 32 heavy (non-hydrogen) atoms. The van der Waals surface area contributed by atoms with E-state index >= 15 is 0 Å². The first-order chi connectivity index (χ1) is 15.4. The molecule has 0 spiro atoms. The van der Waals surface area contributed by atoms with Gasteiger partial charge in [-0.25, -0.2) is 4.98 Å². The van der Waals surface area contributed by atoms with Gasteiger partial charge in [-0.05, 0) is 35.7 Å². The maximum atomic E-state index is 11.0. The summed E-state index contributed by atoms with van der Waals surface area (Å²) in [5.41, 5.74) is 9.54. The van der Waals surface area contributed by atoms with Gasteiger partial charge in [-0.1, -0.05) is 65.7 Å². The summed E-state index contributed by atoms with van der Waals surface area (Å²) in [5, 5.41) is 9.55. The highest BCUT2D eigenvalue weighted by atomic mass is 35.5. The third kappa shape index (κ3) is 5.05. The molecule has 0 aliphatic rings. The summed E-state index contributed by atoms with van der Waals surface area (Å²) < 4.78 is 11.8. The lowest BCUT2D eigenvalue weighted by molar-refractivity contribution is -0.138. The van der Waals surface area contributed by atoms with E-state index in [1.165, 1.54) is 0 Å². The van der Waals surface area contributed by atoms with Crippen LogP contribution in [0.15, 0.2) is 65.1 Å². The molecule has 8 heteroatoms. The second-order valence-electron chi connectivity index (χ2n) is 7.36. The highest BCUT2D eigenvalue weighted by molar-refractivity contribution is 6.37. The minimum Gasteiger partial charge on any atom is -0.486 e. The van der Waals surface area contributed by atoms with E-state index < -0.39 is 12.0 Å². The van der Waals surface area contributed by atoms with Gasteiger partial charge in [0.15, 0.2) is 17.2 Å². The number of halogens is 2. The van der Waals surface area contributed by atoms with Crippen molar-refractivity contribution in [3.63, 3.8) is 0 Å². The molecule has 1 atom stereocenters. The summed E-state index contributed by atoms with van der Waals surface area (Å²) in [7, 11) is 0. The Morgan fingerprint density at radius 2 is 1.78 bits per heavy atom. The van der Waals surface area contributed by atoms with Crippen molar-refractivity contribution in [1.29, 1.82) is 0 Å². The lowest BCUT2D eigenvalue weighted by Gasteiger charge is -2.13. The van der Waals surface area contributed by atoms with Crippen LogP contribution in [0.2, 0.25) is 10.0 Å². The monoisotopic (exact) mass is 470 g/mol. The summed E-state index contributed by atoms with van der Waals surface area (Å²) in [5.74, 6) is -0.162. The van der Waals surface area contributed by atoms with Crippen LogP contribution < -0.4 is 10.5 Å². The predicted molar refractivity (Wildman–Crippen MR) is 123 cm³/mol. The van der Waals surface area contributed by atoms with Crippen molar-refractivity contribution in [2.45, 2.75) is 25.5 Å². The number of hydrogen-bond donors (Lipinski definition) is 2. The van der Waals surface area contributed by atoms with E-state index in [9.17, 15) is 4.79 Å². The van der Waals surface area contributed by atoms with Crippen LogP contribution in [0.5, 0.6) is 5.75 Å². The van der Waals surface area contributed by atoms with E-state index in [1.807, 2.05) is 48.5 Å². The zero-order chi connectivity index (χ0) is 22.7. The molecule has 1 heterocycles.